The molecular weight excluding hydrogens is 498 g/mol. The van der Waals surface area contributed by atoms with Gasteiger partial charge >= 0.3 is 0 Å². The molecule has 4 aromatic rings. The van der Waals surface area contributed by atoms with Gasteiger partial charge in [0.05, 0.1) is 5.02 Å². The normalized spacial score (nSPS) is 10.7. The molecule has 0 unspecified atom stereocenters. The Morgan fingerprint density at radius 1 is 1.00 bits per heavy atom. The average molecular weight is 515 g/mol. The lowest BCUT2D eigenvalue weighted by Gasteiger charge is -2.08. The van der Waals surface area contributed by atoms with E-state index in [1.54, 1.807) is 30.3 Å². The monoisotopic (exact) mass is 513 g/mol. The summed E-state index contributed by atoms with van der Waals surface area (Å²) in [5, 5.41) is 4.58. The molecule has 162 valence electrons. The number of hydrogen-bond donors (Lipinski definition) is 1. The molecule has 0 radical (unpaired) electrons. The van der Waals surface area contributed by atoms with E-state index in [9.17, 15) is 4.79 Å². The number of nitrogens with zero attached hydrogens (tertiary/aromatic N) is 2. The van der Waals surface area contributed by atoms with Crippen molar-refractivity contribution >= 4 is 33.4 Å². The highest BCUT2D eigenvalue weighted by atomic mass is 79.9. The van der Waals surface area contributed by atoms with Gasteiger partial charge < -0.3 is 19.7 Å². The van der Waals surface area contributed by atoms with Gasteiger partial charge in [-0.2, -0.15) is 4.98 Å². The van der Waals surface area contributed by atoms with Crippen molar-refractivity contribution in [2.45, 2.75) is 6.61 Å². The fraction of sp³-hybridized carbons (Fsp3) is 0.0870. The zero-order valence-electron chi connectivity index (χ0n) is 16.6. The summed E-state index contributed by atoms with van der Waals surface area (Å²) in [6.07, 6.45) is 0. The minimum absolute atomic E-state index is 0.178. The molecule has 7 nitrogen and oxygen atoms in total. The molecule has 0 saturated carbocycles. The van der Waals surface area contributed by atoms with Crippen LogP contribution in [0.3, 0.4) is 0 Å². The number of amides is 1. The third-order valence-corrected chi connectivity index (χ3v) is 5.20. The number of hydrogen-bond acceptors (Lipinski definition) is 6. The molecule has 1 amide bonds. The number of carbonyl (C=O) groups excluding carboxylic acids is 1. The maximum Gasteiger partial charge on any atom is 0.258 e. The van der Waals surface area contributed by atoms with E-state index in [-0.39, 0.29) is 6.61 Å². The second kappa shape index (κ2) is 9.84. The van der Waals surface area contributed by atoms with Crippen molar-refractivity contribution in [1.29, 1.82) is 0 Å². The summed E-state index contributed by atoms with van der Waals surface area (Å²) in [6, 6.07) is 20.1. The number of aromatic nitrogens is 2. The van der Waals surface area contributed by atoms with Crippen molar-refractivity contribution in [1.82, 2.24) is 10.1 Å². The fourth-order valence-electron chi connectivity index (χ4n) is 2.81. The minimum Gasteiger partial charge on any atom is -0.487 e. The van der Waals surface area contributed by atoms with E-state index >= 15 is 0 Å². The van der Waals surface area contributed by atoms with Crippen LogP contribution in [0, 0.1) is 0 Å². The first-order valence-electron chi connectivity index (χ1n) is 9.50. The summed E-state index contributed by atoms with van der Waals surface area (Å²) in [7, 11) is 0. The molecule has 0 bridgehead atoms. The van der Waals surface area contributed by atoms with Crippen LogP contribution in [-0.4, -0.2) is 22.7 Å². The summed E-state index contributed by atoms with van der Waals surface area (Å²) in [5.41, 5.74) is 7.58. The highest BCUT2D eigenvalue weighted by Gasteiger charge is 2.11. The lowest BCUT2D eigenvalue weighted by molar-refractivity contribution is -0.119. The Labute approximate surface area is 197 Å². The molecule has 4 rings (SSSR count). The predicted octanol–water partition coefficient (Wildman–Crippen LogP) is 5.26. The van der Waals surface area contributed by atoms with E-state index in [1.807, 2.05) is 36.4 Å². The van der Waals surface area contributed by atoms with Crippen LogP contribution < -0.4 is 15.2 Å². The first-order valence-corrected chi connectivity index (χ1v) is 10.7. The van der Waals surface area contributed by atoms with E-state index in [4.69, 9.17) is 31.3 Å². The smallest absolute Gasteiger partial charge is 0.258 e. The summed E-state index contributed by atoms with van der Waals surface area (Å²) in [5.74, 6) is 1.45. The highest BCUT2D eigenvalue weighted by molar-refractivity contribution is 9.10. The molecule has 1 heterocycles. The Morgan fingerprint density at radius 3 is 2.41 bits per heavy atom. The zero-order chi connectivity index (χ0) is 22.5. The number of benzene rings is 3. The van der Waals surface area contributed by atoms with E-state index in [0.717, 1.165) is 21.2 Å². The molecule has 0 spiro atoms. The van der Waals surface area contributed by atoms with Gasteiger partial charge in [-0.15, -0.1) is 0 Å². The molecule has 3 aromatic carbocycles. The third-order valence-electron chi connectivity index (χ3n) is 4.41. The Kier molecular flexibility index (Phi) is 6.72. The minimum atomic E-state index is -0.536. The second-order valence-electron chi connectivity index (χ2n) is 6.76. The molecule has 0 aliphatic rings. The highest BCUT2D eigenvalue weighted by Crippen LogP contribution is 2.29. The summed E-state index contributed by atoms with van der Waals surface area (Å²) < 4.78 is 17.3. The third kappa shape index (κ3) is 5.46. The molecule has 0 aliphatic carbocycles. The molecule has 2 N–H and O–H groups in total. The van der Waals surface area contributed by atoms with E-state index < -0.39 is 5.91 Å². The van der Waals surface area contributed by atoms with E-state index in [1.165, 1.54) is 0 Å². The van der Waals surface area contributed by atoms with Gasteiger partial charge in [-0.1, -0.05) is 44.8 Å². The quantitative estimate of drug-likeness (QED) is 0.344. The molecule has 0 atom stereocenters. The van der Waals surface area contributed by atoms with Crippen LogP contribution in [0.15, 0.2) is 75.7 Å². The van der Waals surface area contributed by atoms with Gasteiger partial charge in [0.1, 0.15) is 18.1 Å². The lowest BCUT2D eigenvalue weighted by Crippen LogP contribution is -2.19. The SMILES string of the molecule is NC(=O)COc1ccc(-c2noc(-c3ccc(COc4ccc(Br)cc4Cl)cc3)n2)cc1. The molecule has 9 heteroatoms. The lowest BCUT2D eigenvalue weighted by atomic mass is 10.1. The van der Waals surface area contributed by atoms with Crippen LogP contribution in [0.25, 0.3) is 22.8 Å². The predicted molar refractivity (Wildman–Crippen MR) is 123 cm³/mol. The molecule has 0 aliphatic heterocycles. The van der Waals surface area contributed by atoms with Crippen molar-refractivity contribution in [3.05, 3.63) is 81.8 Å². The zero-order valence-corrected chi connectivity index (χ0v) is 19.0. The summed E-state index contributed by atoms with van der Waals surface area (Å²) in [4.78, 5) is 15.2. The van der Waals surface area contributed by atoms with Crippen molar-refractivity contribution in [3.63, 3.8) is 0 Å². The number of carbonyl (C=O) groups is 1. The fourth-order valence-corrected chi connectivity index (χ4v) is 3.54. The van der Waals surface area contributed by atoms with Crippen LogP contribution in [0.4, 0.5) is 0 Å². The van der Waals surface area contributed by atoms with Gasteiger partial charge in [0.25, 0.3) is 11.8 Å². The van der Waals surface area contributed by atoms with Gasteiger partial charge in [-0.3, -0.25) is 4.79 Å². The maximum atomic E-state index is 10.8. The van der Waals surface area contributed by atoms with Gasteiger partial charge in [-0.25, -0.2) is 0 Å². The average Bonchev–Trinajstić information content (AvgIpc) is 3.28. The Hall–Kier alpha value is -3.36. The first-order chi connectivity index (χ1) is 15.5. The Balaban J connectivity index is 1.40. The number of halogens is 2. The van der Waals surface area contributed by atoms with Crippen LogP contribution >= 0.6 is 27.5 Å². The number of nitrogens with two attached hydrogens (primary N) is 1. The number of ether oxygens (including phenoxy) is 2. The maximum absolute atomic E-state index is 10.8. The van der Waals surface area contributed by atoms with Gasteiger partial charge in [0.2, 0.25) is 5.82 Å². The van der Waals surface area contributed by atoms with Crippen LogP contribution in [-0.2, 0) is 11.4 Å². The number of rotatable bonds is 8. The van der Waals surface area contributed by atoms with Crippen molar-refractivity contribution in [2.24, 2.45) is 5.73 Å². The Bertz CT molecular complexity index is 1230. The summed E-state index contributed by atoms with van der Waals surface area (Å²) >= 11 is 9.55. The van der Waals surface area contributed by atoms with E-state index in [0.29, 0.717) is 34.8 Å². The van der Waals surface area contributed by atoms with Crippen molar-refractivity contribution in [2.75, 3.05) is 6.61 Å². The topological polar surface area (TPSA) is 100 Å². The van der Waals surface area contributed by atoms with Crippen LogP contribution in [0.5, 0.6) is 11.5 Å². The molecule has 0 fully saturated rings. The first kappa shape index (κ1) is 21.9. The van der Waals surface area contributed by atoms with Crippen LogP contribution in [0.2, 0.25) is 5.02 Å². The molecule has 0 saturated heterocycles. The van der Waals surface area contributed by atoms with Crippen molar-refractivity contribution in [3.8, 4) is 34.3 Å². The van der Waals surface area contributed by atoms with Crippen molar-refractivity contribution < 1.29 is 18.8 Å². The molecule has 32 heavy (non-hydrogen) atoms. The van der Waals surface area contributed by atoms with Gasteiger partial charge in [0.15, 0.2) is 6.61 Å². The largest absolute Gasteiger partial charge is 0.487 e. The Morgan fingerprint density at radius 2 is 1.72 bits per heavy atom. The summed E-state index contributed by atoms with van der Waals surface area (Å²) in [6.45, 7) is 0.198. The molecular formula is C23H17BrClN3O4. The van der Waals surface area contributed by atoms with Crippen LogP contribution in [0.1, 0.15) is 5.56 Å². The number of primary amides is 1. The standard InChI is InChI=1S/C23H17BrClN3O4/c24-17-7-10-20(19(25)11-17)31-12-14-1-3-16(4-2-14)23-27-22(28-32-23)15-5-8-18(9-6-15)30-13-21(26)29/h1-11H,12-13H2,(H2,26,29). The van der Waals surface area contributed by atoms with Gasteiger partial charge in [-0.05, 0) is 60.2 Å². The second-order valence-corrected chi connectivity index (χ2v) is 8.09. The van der Waals surface area contributed by atoms with Gasteiger partial charge in [0, 0.05) is 15.6 Å². The molecule has 1 aromatic heterocycles. The van der Waals surface area contributed by atoms with E-state index in [2.05, 4.69) is 26.1 Å².